The van der Waals surface area contributed by atoms with Crippen molar-refractivity contribution in [3.8, 4) is 16.9 Å². The Hall–Kier alpha value is -3.41. The maximum Gasteiger partial charge on any atom is 0.224 e. The van der Waals surface area contributed by atoms with Gasteiger partial charge in [-0.25, -0.2) is 4.68 Å². The van der Waals surface area contributed by atoms with Crippen molar-refractivity contribution >= 4 is 0 Å². The molecule has 0 aliphatic heterocycles. The van der Waals surface area contributed by atoms with E-state index in [1.54, 1.807) is 12.1 Å². The van der Waals surface area contributed by atoms with Gasteiger partial charge in [0.1, 0.15) is 0 Å². The second-order valence-corrected chi connectivity index (χ2v) is 6.99. The Morgan fingerprint density at radius 3 is 2.32 bits per heavy atom. The first kappa shape index (κ1) is 18.0. The zero-order chi connectivity index (χ0) is 19.7. The number of benzene rings is 1. The highest BCUT2D eigenvalue weighted by Crippen LogP contribution is 2.31. The zero-order valence-electron chi connectivity index (χ0n) is 15.5. The van der Waals surface area contributed by atoms with Gasteiger partial charge in [0.25, 0.3) is 0 Å². The molecule has 4 aromatic rings. The topological polar surface area (TPSA) is 43.6 Å². The highest BCUT2D eigenvalue weighted by atomic mass is 19.1. The minimum Gasteiger partial charge on any atom is -0.252 e. The molecule has 0 spiro atoms. The van der Waals surface area contributed by atoms with Crippen molar-refractivity contribution in [1.29, 1.82) is 0 Å². The highest BCUT2D eigenvalue weighted by Gasteiger charge is 2.28. The number of rotatable bonds is 4. The molecule has 6 heteroatoms. The first-order valence-corrected chi connectivity index (χ1v) is 8.87. The quantitative estimate of drug-likeness (QED) is 0.474. The molecular formula is C22H18F2N4. The van der Waals surface area contributed by atoms with Crippen LogP contribution in [0.1, 0.15) is 25.2 Å². The van der Waals surface area contributed by atoms with Crippen molar-refractivity contribution in [2.45, 2.75) is 19.3 Å². The molecular weight excluding hydrogens is 358 g/mol. The van der Waals surface area contributed by atoms with Crippen LogP contribution >= 0.6 is 0 Å². The van der Waals surface area contributed by atoms with Gasteiger partial charge in [-0.2, -0.15) is 18.9 Å². The summed E-state index contributed by atoms with van der Waals surface area (Å²) in [6.07, 6.45) is 1.90. The lowest BCUT2D eigenvalue weighted by Crippen LogP contribution is -2.22. The number of hydrogen-bond acceptors (Lipinski definition) is 3. The summed E-state index contributed by atoms with van der Waals surface area (Å²) in [4.78, 5) is 7.86. The van der Waals surface area contributed by atoms with Crippen LogP contribution in [0.25, 0.3) is 16.9 Å². The first-order chi connectivity index (χ1) is 13.4. The summed E-state index contributed by atoms with van der Waals surface area (Å²) < 4.78 is 29.0. The van der Waals surface area contributed by atoms with Gasteiger partial charge in [0, 0.05) is 6.20 Å². The monoisotopic (exact) mass is 376 g/mol. The predicted octanol–water partition coefficient (Wildman–Crippen LogP) is 4.93. The lowest BCUT2D eigenvalue weighted by atomic mass is 9.85. The molecule has 0 aliphatic carbocycles. The van der Waals surface area contributed by atoms with Gasteiger partial charge in [-0.1, -0.05) is 24.3 Å². The number of halogens is 2. The molecule has 0 bridgehead atoms. The fraction of sp³-hybridized carbons (Fsp3) is 0.136. The number of hydrogen-bond donors (Lipinski definition) is 0. The van der Waals surface area contributed by atoms with E-state index in [2.05, 4.69) is 9.97 Å². The number of para-hydroxylation sites is 1. The SMILES string of the molecule is CC(C)(c1cccc(-c2ccc(F)nc2F)n1)c1ccn(-c2ccccc2)n1. The molecule has 28 heavy (non-hydrogen) atoms. The van der Waals surface area contributed by atoms with Crippen molar-refractivity contribution in [3.63, 3.8) is 0 Å². The summed E-state index contributed by atoms with van der Waals surface area (Å²) in [7, 11) is 0. The lowest BCUT2D eigenvalue weighted by molar-refractivity contribution is 0.514. The molecule has 140 valence electrons. The van der Waals surface area contributed by atoms with Gasteiger partial charge >= 0.3 is 0 Å². The Labute approximate surface area is 161 Å². The number of pyridine rings is 2. The maximum atomic E-state index is 14.1. The van der Waals surface area contributed by atoms with Crippen LogP contribution in [0.15, 0.2) is 72.9 Å². The molecule has 0 atom stereocenters. The van der Waals surface area contributed by atoms with Gasteiger partial charge in [0.05, 0.1) is 33.7 Å². The Kier molecular flexibility index (Phi) is 4.47. The van der Waals surface area contributed by atoms with Crippen molar-refractivity contribution in [3.05, 3.63) is 96.2 Å². The van der Waals surface area contributed by atoms with Gasteiger partial charge in [-0.05, 0) is 56.3 Å². The second kappa shape index (κ2) is 6.96. The largest absolute Gasteiger partial charge is 0.252 e. The molecule has 0 saturated carbocycles. The molecule has 0 unspecified atom stereocenters. The van der Waals surface area contributed by atoms with Crippen LogP contribution < -0.4 is 0 Å². The summed E-state index contributed by atoms with van der Waals surface area (Å²) in [5.41, 5.74) is 2.57. The fourth-order valence-electron chi connectivity index (χ4n) is 3.05. The van der Waals surface area contributed by atoms with E-state index in [0.29, 0.717) is 5.69 Å². The number of aromatic nitrogens is 4. The zero-order valence-corrected chi connectivity index (χ0v) is 15.5. The predicted molar refractivity (Wildman–Crippen MR) is 103 cm³/mol. The molecule has 3 heterocycles. The van der Waals surface area contributed by atoms with Crippen LogP contribution in [0.5, 0.6) is 0 Å². The van der Waals surface area contributed by atoms with Crippen LogP contribution in [-0.2, 0) is 5.41 Å². The Bertz CT molecular complexity index is 1120. The van der Waals surface area contributed by atoms with Gasteiger partial charge < -0.3 is 0 Å². The first-order valence-electron chi connectivity index (χ1n) is 8.87. The van der Waals surface area contributed by atoms with Crippen LogP contribution in [-0.4, -0.2) is 19.7 Å². The van der Waals surface area contributed by atoms with Crippen molar-refractivity contribution < 1.29 is 8.78 Å². The highest BCUT2D eigenvalue weighted by molar-refractivity contribution is 5.59. The van der Waals surface area contributed by atoms with E-state index in [9.17, 15) is 8.78 Å². The molecule has 0 fully saturated rings. The van der Waals surface area contributed by atoms with Crippen molar-refractivity contribution in [1.82, 2.24) is 19.7 Å². The van der Waals surface area contributed by atoms with Crippen LogP contribution in [0.3, 0.4) is 0 Å². The molecule has 4 nitrogen and oxygen atoms in total. The molecule has 0 saturated heterocycles. The Morgan fingerprint density at radius 1 is 0.786 bits per heavy atom. The van der Waals surface area contributed by atoms with Crippen LogP contribution in [0.4, 0.5) is 8.78 Å². The summed E-state index contributed by atoms with van der Waals surface area (Å²) in [6, 6.07) is 19.6. The second-order valence-electron chi connectivity index (χ2n) is 6.99. The Morgan fingerprint density at radius 2 is 1.57 bits per heavy atom. The van der Waals surface area contributed by atoms with E-state index < -0.39 is 17.3 Å². The minimum atomic E-state index is -0.879. The number of nitrogens with zero attached hydrogens (tertiary/aromatic N) is 4. The van der Waals surface area contributed by atoms with Gasteiger partial charge in [-0.3, -0.25) is 4.98 Å². The minimum absolute atomic E-state index is 0.161. The standard InChI is InChI=1S/C22H18F2N4/c1-22(2,19-13-14-28(27-19)15-7-4-3-5-8-15)18-10-6-9-17(25-18)16-11-12-20(23)26-21(16)24/h3-14H,1-2H3. The van der Waals surface area contributed by atoms with Gasteiger partial charge in [0.2, 0.25) is 11.9 Å². The molecule has 0 radical (unpaired) electrons. The van der Waals surface area contributed by atoms with E-state index in [0.717, 1.165) is 23.1 Å². The molecule has 0 N–H and O–H groups in total. The van der Waals surface area contributed by atoms with Gasteiger partial charge in [0.15, 0.2) is 0 Å². The molecule has 3 aromatic heterocycles. The van der Waals surface area contributed by atoms with Crippen LogP contribution in [0, 0.1) is 11.9 Å². The fourth-order valence-corrected chi connectivity index (χ4v) is 3.05. The van der Waals surface area contributed by atoms with E-state index in [1.165, 1.54) is 6.07 Å². The lowest BCUT2D eigenvalue weighted by Gasteiger charge is -2.22. The maximum absolute atomic E-state index is 14.1. The van der Waals surface area contributed by atoms with Crippen molar-refractivity contribution in [2.75, 3.05) is 0 Å². The van der Waals surface area contributed by atoms with Crippen LogP contribution in [0.2, 0.25) is 0 Å². The van der Waals surface area contributed by atoms with E-state index in [1.807, 2.05) is 67.2 Å². The molecule has 0 amide bonds. The van der Waals surface area contributed by atoms with Gasteiger partial charge in [-0.15, -0.1) is 0 Å². The molecule has 4 rings (SSSR count). The smallest absolute Gasteiger partial charge is 0.224 e. The van der Waals surface area contributed by atoms with E-state index in [-0.39, 0.29) is 5.56 Å². The normalized spacial score (nSPS) is 11.6. The summed E-state index contributed by atoms with van der Waals surface area (Å²) >= 11 is 0. The molecule has 1 aromatic carbocycles. The summed E-state index contributed by atoms with van der Waals surface area (Å²) in [5.74, 6) is -1.74. The third kappa shape index (κ3) is 3.29. The third-order valence-electron chi connectivity index (χ3n) is 4.73. The summed E-state index contributed by atoms with van der Waals surface area (Å²) in [5, 5.41) is 4.70. The molecule has 0 aliphatic rings. The average Bonchev–Trinajstić information content (AvgIpc) is 3.20. The third-order valence-corrected chi connectivity index (χ3v) is 4.73. The summed E-state index contributed by atoms with van der Waals surface area (Å²) in [6.45, 7) is 4.02. The van der Waals surface area contributed by atoms with E-state index in [4.69, 9.17) is 5.10 Å². The Balaban J connectivity index is 1.71. The van der Waals surface area contributed by atoms with E-state index >= 15 is 0 Å². The van der Waals surface area contributed by atoms with Crippen molar-refractivity contribution in [2.24, 2.45) is 0 Å². The average molecular weight is 376 g/mol.